The highest BCUT2D eigenvalue weighted by Gasteiger charge is 2.46. The fourth-order valence-electron chi connectivity index (χ4n) is 5.03. The molecule has 3 heteroatoms. The molecule has 1 aromatic carbocycles. The van der Waals surface area contributed by atoms with Crippen LogP contribution in [-0.4, -0.2) is 40.7 Å². The molecule has 3 aliphatic rings. The van der Waals surface area contributed by atoms with Crippen LogP contribution in [0.1, 0.15) is 43.2 Å². The van der Waals surface area contributed by atoms with Crippen molar-refractivity contribution in [2.75, 3.05) is 20.1 Å². The predicted octanol–water partition coefficient (Wildman–Crippen LogP) is 4.58. The van der Waals surface area contributed by atoms with Gasteiger partial charge in [0.05, 0.1) is 5.60 Å². The number of aliphatic hydroxyl groups is 1. The molecule has 2 aromatic rings. The van der Waals surface area contributed by atoms with Crippen molar-refractivity contribution in [2.24, 2.45) is 11.8 Å². The second-order valence-electron chi connectivity index (χ2n) is 8.69. The molecule has 28 heavy (non-hydrogen) atoms. The zero-order valence-corrected chi connectivity index (χ0v) is 16.9. The molecular weight excluding hydrogens is 344 g/mol. The molecule has 3 aliphatic carbocycles. The molecule has 0 radical (unpaired) electrons. The Morgan fingerprint density at radius 1 is 1.11 bits per heavy atom. The van der Waals surface area contributed by atoms with Crippen LogP contribution in [0.4, 0.5) is 0 Å². The van der Waals surface area contributed by atoms with Crippen molar-refractivity contribution in [3.05, 3.63) is 72.1 Å². The van der Waals surface area contributed by atoms with Gasteiger partial charge in [-0.1, -0.05) is 42.5 Å². The van der Waals surface area contributed by atoms with Crippen molar-refractivity contribution < 1.29 is 5.11 Å². The maximum atomic E-state index is 11.4. The van der Waals surface area contributed by atoms with E-state index in [1.165, 1.54) is 23.1 Å². The van der Waals surface area contributed by atoms with E-state index in [2.05, 4.69) is 59.4 Å². The van der Waals surface area contributed by atoms with Crippen molar-refractivity contribution in [3.8, 4) is 0 Å². The summed E-state index contributed by atoms with van der Waals surface area (Å²) in [4.78, 5) is 6.56. The molecule has 3 atom stereocenters. The molecule has 2 bridgehead atoms. The predicted molar refractivity (Wildman–Crippen MR) is 115 cm³/mol. The second-order valence-corrected chi connectivity index (χ2v) is 8.69. The standard InChI is InChI=1S/C25H32N2O/c1-27(15-6-8-20-7-5-14-26-19-20)16-13-25(28)18-22-11-12-23(25)17-24(22)21-9-3-2-4-10-21/h2-5,7,9-10,14,17,19,22-23,28H,6,8,11-13,15-16,18H2,1H3/t22-,23+,25-/m0/s1. The van der Waals surface area contributed by atoms with Gasteiger partial charge in [0.25, 0.3) is 0 Å². The van der Waals surface area contributed by atoms with Crippen molar-refractivity contribution in [2.45, 2.75) is 44.1 Å². The van der Waals surface area contributed by atoms with Gasteiger partial charge >= 0.3 is 0 Å². The lowest BCUT2D eigenvalue weighted by atomic mass is 9.61. The van der Waals surface area contributed by atoms with Gasteiger partial charge in [0.1, 0.15) is 0 Å². The van der Waals surface area contributed by atoms with E-state index in [4.69, 9.17) is 0 Å². The molecular formula is C25H32N2O. The summed E-state index contributed by atoms with van der Waals surface area (Å²) in [5.41, 5.74) is 3.58. The van der Waals surface area contributed by atoms with Crippen molar-refractivity contribution in [1.29, 1.82) is 0 Å². The number of benzene rings is 1. The van der Waals surface area contributed by atoms with Crippen LogP contribution < -0.4 is 0 Å². The summed E-state index contributed by atoms with van der Waals surface area (Å²) in [5, 5.41) is 11.4. The summed E-state index contributed by atoms with van der Waals surface area (Å²) in [6.07, 6.45) is 12.5. The van der Waals surface area contributed by atoms with Crippen molar-refractivity contribution >= 4 is 5.57 Å². The number of hydrogen-bond donors (Lipinski definition) is 1. The number of aromatic nitrogens is 1. The lowest BCUT2D eigenvalue weighted by Gasteiger charge is -2.48. The van der Waals surface area contributed by atoms with Crippen LogP contribution in [0.3, 0.4) is 0 Å². The number of aryl methyl sites for hydroxylation is 1. The first-order valence-corrected chi connectivity index (χ1v) is 10.7. The monoisotopic (exact) mass is 376 g/mol. The molecule has 5 rings (SSSR count). The summed E-state index contributed by atoms with van der Waals surface area (Å²) in [7, 11) is 2.18. The van der Waals surface area contributed by atoms with Gasteiger partial charge in [0.2, 0.25) is 0 Å². The highest BCUT2D eigenvalue weighted by atomic mass is 16.3. The quantitative estimate of drug-likeness (QED) is 0.732. The first-order chi connectivity index (χ1) is 13.6. The number of allylic oxidation sites excluding steroid dienone is 1. The van der Waals surface area contributed by atoms with E-state index in [9.17, 15) is 5.11 Å². The lowest BCUT2D eigenvalue weighted by molar-refractivity contribution is -0.0574. The smallest absolute Gasteiger partial charge is 0.0728 e. The zero-order valence-electron chi connectivity index (χ0n) is 16.9. The average Bonchev–Trinajstić information content (AvgIpc) is 2.74. The van der Waals surface area contributed by atoms with E-state index in [0.717, 1.165) is 45.2 Å². The van der Waals surface area contributed by atoms with Crippen LogP contribution in [0, 0.1) is 11.8 Å². The largest absolute Gasteiger partial charge is 0.389 e. The summed E-state index contributed by atoms with van der Waals surface area (Å²) in [5.74, 6) is 0.810. The van der Waals surface area contributed by atoms with Gasteiger partial charge in [-0.25, -0.2) is 0 Å². The third kappa shape index (κ3) is 4.37. The minimum Gasteiger partial charge on any atom is -0.389 e. The SMILES string of the molecule is CN(CCCc1cccnc1)CC[C@]1(O)C[C@@H]2CC[C@@H]1C=C2c1ccccc1. The van der Waals surface area contributed by atoms with Gasteiger partial charge < -0.3 is 10.0 Å². The third-order valence-corrected chi connectivity index (χ3v) is 6.70. The Kier molecular flexibility index (Phi) is 5.93. The normalized spacial score (nSPS) is 26.5. The first kappa shape index (κ1) is 19.4. The fourth-order valence-corrected chi connectivity index (χ4v) is 5.03. The van der Waals surface area contributed by atoms with E-state index >= 15 is 0 Å². The first-order valence-electron chi connectivity index (χ1n) is 10.7. The highest BCUT2D eigenvalue weighted by molar-refractivity contribution is 5.69. The van der Waals surface area contributed by atoms with Crippen LogP contribution in [0.2, 0.25) is 0 Å². The van der Waals surface area contributed by atoms with E-state index in [0.29, 0.717) is 11.8 Å². The molecule has 0 saturated heterocycles. The number of nitrogens with zero attached hydrogens (tertiary/aromatic N) is 2. The van der Waals surface area contributed by atoms with E-state index in [-0.39, 0.29) is 0 Å². The molecule has 0 aliphatic heterocycles. The van der Waals surface area contributed by atoms with Crippen molar-refractivity contribution in [3.63, 3.8) is 0 Å². The number of pyridine rings is 1. The number of hydrogen-bond acceptors (Lipinski definition) is 3. The summed E-state index contributed by atoms with van der Waals surface area (Å²) < 4.78 is 0. The van der Waals surface area contributed by atoms with Gasteiger partial charge in [0.15, 0.2) is 0 Å². The summed E-state index contributed by atoms with van der Waals surface area (Å²) in [6, 6.07) is 14.9. The zero-order chi connectivity index (χ0) is 19.4. The van der Waals surface area contributed by atoms with E-state index in [1.54, 1.807) is 0 Å². The number of rotatable bonds is 8. The van der Waals surface area contributed by atoms with E-state index in [1.807, 2.05) is 18.5 Å². The molecule has 148 valence electrons. The van der Waals surface area contributed by atoms with Gasteiger partial charge in [-0.3, -0.25) is 4.98 Å². The molecule has 0 amide bonds. The minimum atomic E-state index is -0.529. The Balaban J connectivity index is 1.30. The molecule has 0 spiro atoms. The maximum absolute atomic E-state index is 11.4. The van der Waals surface area contributed by atoms with E-state index < -0.39 is 5.60 Å². The molecule has 1 N–H and O–H groups in total. The third-order valence-electron chi connectivity index (χ3n) is 6.70. The number of fused-ring (bicyclic) bond motifs is 2. The topological polar surface area (TPSA) is 36.4 Å². The van der Waals surface area contributed by atoms with Gasteiger partial charge in [-0.05, 0) is 80.8 Å². The molecule has 1 heterocycles. The molecule has 1 aromatic heterocycles. The maximum Gasteiger partial charge on any atom is 0.0728 e. The van der Waals surface area contributed by atoms with Crippen LogP contribution in [0.25, 0.3) is 5.57 Å². The van der Waals surface area contributed by atoms with Gasteiger partial charge in [0, 0.05) is 24.9 Å². The summed E-state index contributed by atoms with van der Waals surface area (Å²) >= 11 is 0. The average molecular weight is 377 g/mol. The fraction of sp³-hybridized carbons (Fsp3) is 0.480. The highest BCUT2D eigenvalue weighted by Crippen LogP contribution is 2.51. The van der Waals surface area contributed by atoms with Crippen LogP contribution >= 0.6 is 0 Å². The Morgan fingerprint density at radius 3 is 2.68 bits per heavy atom. The van der Waals surface area contributed by atoms with Crippen LogP contribution in [-0.2, 0) is 6.42 Å². The Morgan fingerprint density at radius 2 is 1.96 bits per heavy atom. The second kappa shape index (κ2) is 8.59. The van der Waals surface area contributed by atoms with Crippen molar-refractivity contribution in [1.82, 2.24) is 9.88 Å². The lowest BCUT2D eigenvalue weighted by Crippen LogP contribution is -2.48. The van der Waals surface area contributed by atoms with Gasteiger partial charge in [-0.2, -0.15) is 0 Å². The summed E-state index contributed by atoms with van der Waals surface area (Å²) in [6.45, 7) is 2.02. The Hall–Kier alpha value is -1.97. The van der Waals surface area contributed by atoms with Crippen LogP contribution in [0.15, 0.2) is 60.9 Å². The molecule has 0 unspecified atom stereocenters. The van der Waals surface area contributed by atoms with Crippen LogP contribution in [0.5, 0.6) is 0 Å². The molecule has 1 saturated carbocycles. The Labute approximate surface area is 169 Å². The molecule has 3 nitrogen and oxygen atoms in total. The Bertz CT molecular complexity index is 789. The minimum absolute atomic E-state index is 0.302. The molecule has 1 fully saturated rings. The van der Waals surface area contributed by atoms with Gasteiger partial charge in [-0.15, -0.1) is 0 Å².